The number of nitro groups is 1. The molecule has 0 bridgehead atoms. The number of carbonyl (C=O) groups excluding carboxylic acids is 1. The third-order valence-electron chi connectivity index (χ3n) is 3.70. The fraction of sp³-hybridized carbons (Fsp3) is 0.500. The summed E-state index contributed by atoms with van der Waals surface area (Å²) >= 11 is 3.17. The molecule has 2 rings (SSSR count). The number of likely N-dealkylation sites (tertiary alicyclic amines) is 1. The molecule has 21 heavy (non-hydrogen) atoms. The van der Waals surface area contributed by atoms with Crippen LogP contribution in [-0.2, 0) is 0 Å². The lowest BCUT2D eigenvalue weighted by atomic mass is 10.2. The van der Waals surface area contributed by atoms with Crippen molar-refractivity contribution in [2.45, 2.75) is 12.8 Å². The highest BCUT2D eigenvalue weighted by molar-refractivity contribution is 9.10. The van der Waals surface area contributed by atoms with E-state index in [4.69, 9.17) is 0 Å². The van der Waals surface area contributed by atoms with Crippen LogP contribution in [0.25, 0.3) is 0 Å². The Labute approximate surface area is 132 Å². The Morgan fingerprint density at radius 1 is 1.43 bits per heavy atom. The molecule has 1 fully saturated rings. The summed E-state index contributed by atoms with van der Waals surface area (Å²) < 4.78 is 0.244. The molecule has 114 valence electrons. The molecule has 0 spiro atoms. The van der Waals surface area contributed by atoms with Gasteiger partial charge in [0.15, 0.2) is 0 Å². The summed E-state index contributed by atoms with van der Waals surface area (Å²) in [5.41, 5.74) is 0.238. The molecule has 0 aromatic heterocycles. The minimum Gasteiger partial charge on any atom is -0.340 e. The van der Waals surface area contributed by atoms with Crippen molar-refractivity contribution < 1.29 is 9.72 Å². The molecule has 1 aliphatic heterocycles. The molecule has 0 N–H and O–H groups in total. The Hall–Kier alpha value is -1.47. The molecule has 0 atom stereocenters. The summed E-state index contributed by atoms with van der Waals surface area (Å²) in [6.07, 6.45) is 2.43. The molecule has 0 aliphatic carbocycles. The molecule has 1 heterocycles. The third kappa shape index (κ3) is 3.79. The van der Waals surface area contributed by atoms with E-state index in [2.05, 4.69) is 20.8 Å². The maximum atomic E-state index is 12.4. The Kier molecular flexibility index (Phi) is 5.30. The minimum atomic E-state index is -0.495. The predicted molar refractivity (Wildman–Crippen MR) is 83.4 cm³/mol. The molecular weight excluding hydrogens is 338 g/mol. The lowest BCUT2D eigenvalue weighted by molar-refractivity contribution is -0.385. The molecule has 1 saturated heterocycles. The standard InChI is InChI=1S/C14H18BrN3O3/c1-16(9-10-17-7-2-3-8-17)14(19)11-5-4-6-12(13(11)15)18(20)21/h4-6H,2-3,7-10H2,1H3. The van der Waals surface area contributed by atoms with Crippen LogP contribution < -0.4 is 0 Å². The van der Waals surface area contributed by atoms with Crippen LogP contribution in [-0.4, -0.2) is 53.9 Å². The van der Waals surface area contributed by atoms with E-state index in [1.807, 2.05) is 0 Å². The number of carbonyl (C=O) groups is 1. The van der Waals surface area contributed by atoms with E-state index in [9.17, 15) is 14.9 Å². The smallest absolute Gasteiger partial charge is 0.284 e. The Bertz CT molecular complexity index is 544. The van der Waals surface area contributed by atoms with Crippen molar-refractivity contribution in [1.29, 1.82) is 0 Å². The Morgan fingerprint density at radius 3 is 2.71 bits per heavy atom. The van der Waals surface area contributed by atoms with Crippen molar-refractivity contribution in [3.8, 4) is 0 Å². The molecule has 1 aromatic carbocycles. The summed E-state index contributed by atoms with van der Waals surface area (Å²) in [5, 5.41) is 10.9. The fourth-order valence-corrected chi connectivity index (χ4v) is 3.01. The van der Waals surface area contributed by atoms with Gasteiger partial charge in [0.1, 0.15) is 4.47 Å². The van der Waals surface area contributed by atoms with Crippen LogP contribution in [0, 0.1) is 10.1 Å². The van der Waals surface area contributed by atoms with Gasteiger partial charge in [-0.25, -0.2) is 0 Å². The lowest BCUT2D eigenvalue weighted by Crippen LogP contribution is -2.35. The van der Waals surface area contributed by atoms with Crippen LogP contribution in [0.3, 0.4) is 0 Å². The van der Waals surface area contributed by atoms with Crippen molar-refractivity contribution in [2.75, 3.05) is 33.2 Å². The van der Waals surface area contributed by atoms with Gasteiger partial charge in [0.2, 0.25) is 0 Å². The number of hydrogen-bond acceptors (Lipinski definition) is 4. The zero-order chi connectivity index (χ0) is 15.4. The van der Waals surface area contributed by atoms with Gasteiger partial charge in [0, 0.05) is 26.2 Å². The maximum Gasteiger partial charge on any atom is 0.284 e. The van der Waals surface area contributed by atoms with Crippen LogP contribution >= 0.6 is 15.9 Å². The molecule has 6 nitrogen and oxygen atoms in total. The second-order valence-corrected chi connectivity index (χ2v) is 5.96. The maximum absolute atomic E-state index is 12.4. The SMILES string of the molecule is CN(CCN1CCCC1)C(=O)c1cccc([N+](=O)[O-])c1Br. The molecule has 7 heteroatoms. The van der Waals surface area contributed by atoms with E-state index < -0.39 is 4.92 Å². The summed E-state index contributed by atoms with van der Waals surface area (Å²) in [6.45, 7) is 3.63. The number of amides is 1. The number of benzene rings is 1. The van der Waals surface area contributed by atoms with Gasteiger partial charge in [-0.05, 0) is 47.9 Å². The summed E-state index contributed by atoms with van der Waals surface area (Å²) in [7, 11) is 1.73. The average Bonchev–Trinajstić information content (AvgIpc) is 2.97. The van der Waals surface area contributed by atoms with Crippen LogP contribution in [0.1, 0.15) is 23.2 Å². The van der Waals surface area contributed by atoms with Crippen molar-refractivity contribution in [3.63, 3.8) is 0 Å². The minimum absolute atomic E-state index is 0.0891. The number of halogens is 1. The Balaban J connectivity index is 2.04. The zero-order valence-corrected chi connectivity index (χ0v) is 13.5. The Morgan fingerprint density at radius 2 is 2.10 bits per heavy atom. The summed E-state index contributed by atoms with van der Waals surface area (Å²) in [6, 6.07) is 4.52. The van der Waals surface area contributed by atoms with Crippen molar-refractivity contribution in [3.05, 3.63) is 38.3 Å². The van der Waals surface area contributed by atoms with E-state index in [1.165, 1.54) is 25.0 Å². The van der Waals surface area contributed by atoms with Crippen LogP contribution in [0.2, 0.25) is 0 Å². The van der Waals surface area contributed by atoms with Gasteiger partial charge in [0.05, 0.1) is 10.5 Å². The van der Waals surface area contributed by atoms with Crippen molar-refractivity contribution in [1.82, 2.24) is 9.80 Å². The number of rotatable bonds is 5. The normalized spacial score (nSPS) is 15.1. The number of likely N-dealkylation sites (N-methyl/N-ethyl adjacent to an activating group) is 1. The van der Waals surface area contributed by atoms with Gasteiger partial charge in [-0.1, -0.05) is 6.07 Å². The second-order valence-electron chi connectivity index (χ2n) is 5.17. The second kappa shape index (κ2) is 7.00. The van der Waals surface area contributed by atoms with E-state index in [0.717, 1.165) is 19.6 Å². The zero-order valence-electron chi connectivity index (χ0n) is 11.9. The van der Waals surface area contributed by atoms with E-state index in [1.54, 1.807) is 18.0 Å². The van der Waals surface area contributed by atoms with Gasteiger partial charge in [-0.3, -0.25) is 14.9 Å². The summed E-state index contributed by atoms with van der Waals surface area (Å²) in [4.78, 5) is 26.8. The van der Waals surface area contributed by atoms with Crippen LogP contribution in [0.15, 0.2) is 22.7 Å². The monoisotopic (exact) mass is 355 g/mol. The first-order chi connectivity index (χ1) is 10.0. The average molecular weight is 356 g/mol. The van der Waals surface area contributed by atoms with Gasteiger partial charge in [0.25, 0.3) is 11.6 Å². The molecule has 1 aliphatic rings. The first-order valence-corrected chi connectivity index (χ1v) is 7.70. The molecule has 1 amide bonds. The summed E-state index contributed by atoms with van der Waals surface area (Å²) in [5.74, 6) is -0.204. The molecule has 0 radical (unpaired) electrons. The van der Waals surface area contributed by atoms with Gasteiger partial charge >= 0.3 is 0 Å². The number of nitrogens with zero attached hydrogens (tertiary/aromatic N) is 3. The molecule has 1 aromatic rings. The largest absolute Gasteiger partial charge is 0.340 e. The van der Waals surface area contributed by atoms with Crippen LogP contribution in [0.4, 0.5) is 5.69 Å². The lowest BCUT2D eigenvalue weighted by Gasteiger charge is -2.22. The van der Waals surface area contributed by atoms with Crippen molar-refractivity contribution >= 4 is 27.5 Å². The predicted octanol–water partition coefficient (Wildman–Crippen LogP) is 2.53. The van der Waals surface area contributed by atoms with E-state index in [-0.39, 0.29) is 16.1 Å². The van der Waals surface area contributed by atoms with Crippen molar-refractivity contribution in [2.24, 2.45) is 0 Å². The molecule has 0 unspecified atom stereocenters. The first-order valence-electron chi connectivity index (χ1n) is 6.91. The van der Waals surface area contributed by atoms with E-state index >= 15 is 0 Å². The highest BCUT2D eigenvalue weighted by atomic mass is 79.9. The number of nitro benzene ring substituents is 1. The number of hydrogen-bond donors (Lipinski definition) is 0. The van der Waals surface area contributed by atoms with Gasteiger partial charge in [-0.15, -0.1) is 0 Å². The first kappa shape index (κ1) is 15.9. The quantitative estimate of drug-likeness (QED) is 0.601. The van der Waals surface area contributed by atoms with E-state index in [0.29, 0.717) is 12.1 Å². The highest BCUT2D eigenvalue weighted by Crippen LogP contribution is 2.28. The van der Waals surface area contributed by atoms with Gasteiger partial charge < -0.3 is 9.80 Å². The molecular formula is C14H18BrN3O3. The topological polar surface area (TPSA) is 66.7 Å². The third-order valence-corrected chi connectivity index (χ3v) is 4.54. The highest BCUT2D eigenvalue weighted by Gasteiger charge is 2.22. The van der Waals surface area contributed by atoms with Gasteiger partial charge in [-0.2, -0.15) is 0 Å². The molecule has 0 saturated carbocycles. The van der Waals surface area contributed by atoms with Crippen LogP contribution in [0.5, 0.6) is 0 Å². The fourth-order valence-electron chi connectivity index (χ4n) is 2.43.